The van der Waals surface area contributed by atoms with Gasteiger partial charge in [-0.1, -0.05) is 0 Å². The van der Waals surface area contributed by atoms with Crippen molar-refractivity contribution in [3.63, 3.8) is 0 Å². The molecule has 1 aliphatic heterocycles. The summed E-state index contributed by atoms with van der Waals surface area (Å²) in [6.45, 7) is 4.51. The maximum atomic E-state index is 11.7. The summed E-state index contributed by atoms with van der Waals surface area (Å²) in [5.41, 5.74) is 0. The molecule has 0 bridgehead atoms. The lowest BCUT2D eigenvalue weighted by Gasteiger charge is -2.45. The van der Waals surface area contributed by atoms with Gasteiger partial charge in [0.2, 0.25) is 0 Å². The Morgan fingerprint density at radius 2 is 1.29 bits per heavy atom. The smallest absolute Gasteiger partial charge is 0.303 e. The molecule has 0 N–H and O–H groups in total. The van der Waals surface area contributed by atoms with Gasteiger partial charge in [0.25, 0.3) is 0 Å². The van der Waals surface area contributed by atoms with Gasteiger partial charge in [0.15, 0.2) is 30.7 Å². The summed E-state index contributed by atoms with van der Waals surface area (Å²) in [4.78, 5) is 46.3. The van der Waals surface area contributed by atoms with E-state index in [9.17, 15) is 19.2 Å². The molecule has 0 aromatic carbocycles. The highest BCUT2D eigenvalue weighted by Crippen LogP contribution is 2.31. The molecule has 0 amide bonds. The molecule has 11 heteroatoms. The van der Waals surface area contributed by atoms with Crippen molar-refractivity contribution in [2.75, 3.05) is 20.8 Å². The Bertz CT molecular complexity index is 575. The third kappa shape index (κ3) is 6.73. The van der Waals surface area contributed by atoms with Crippen molar-refractivity contribution in [2.24, 2.45) is 0 Å². The van der Waals surface area contributed by atoms with Crippen LogP contribution in [0.25, 0.3) is 0 Å². The quantitative estimate of drug-likeness (QED) is 0.389. The highest BCUT2D eigenvalue weighted by Gasteiger charge is 2.55. The van der Waals surface area contributed by atoms with Crippen LogP contribution in [0.3, 0.4) is 0 Å². The maximum Gasteiger partial charge on any atom is 0.303 e. The maximum absolute atomic E-state index is 11.7. The van der Waals surface area contributed by atoms with Crippen molar-refractivity contribution in [1.29, 1.82) is 0 Å². The van der Waals surface area contributed by atoms with Crippen LogP contribution < -0.4 is 0 Å². The van der Waals surface area contributed by atoms with E-state index in [-0.39, 0.29) is 6.61 Å². The van der Waals surface area contributed by atoms with E-state index in [2.05, 4.69) is 0 Å². The molecule has 1 fully saturated rings. The molecule has 160 valence electrons. The molecule has 0 aliphatic carbocycles. The Morgan fingerprint density at radius 1 is 0.786 bits per heavy atom. The fourth-order valence-corrected chi connectivity index (χ4v) is 2.87. The number of ether oxygens (including phenoxy) is 7. The summed E-state index contributed by atoms with van der Waals surface area (Å²) in [6, 6.07) is 0. The second-order valence-corrected chi connectivity index (χ2v) is 6.03. The fraction of sp³-hybridized carbons (Fsp3) is 0.765. The zero-order chi connectivity index (χ0) is 21.4. The van der Waals surface area contributed by atoms with Crippen molar-refractivity contribution in [3.8, 4) is 0 Å². The molecule has 0 unspecified atom stereocenters. The Hall–Kier alpha value is -2.24. The summed E-state index contributed by atoms with van der Waals surface area (Å²) < 4.78 is 37.0. The van der Waals surface area contributed by atoms with Crippen LogP contribution in [0.1, 0.15) is 27.7 Å². The van der Waals surface area contributed by atoms with E-state index < -0.39 is 60.7 Å². The summed E-state index contributed by atoms with van der Waals surface area (Å²) >= 11 is 0. The predicted octanol–water partition coefficient (Wildman–Crippen LogP) is -0.269. The van der Waals surface area contributed by atoms with Gasteiger partial charge in [-0.2, -0.15) is 0 Å². The zero-order valence-corrected chi connectivity index (χ0v) is 16.7. The van der Waals surface area contributed by atoms with Gasteiger partial charge in [-0.25, -0.2) is 0 Å². The first-order valence-corrected chi connectivity index (χ1v) is 8.46. The van der Waals surface area contributed by atoms with E-state index in [0.717, 1.165) is 20.8 Å². The molecule has 0 aromatic heterocycles. The van der Waals surface area contributed by atoms with Crippen molar-refractivity contribution in [3.05, 3.63) is 0 Å². The Kier molecular flexibility index (Phi) is 9.29. The first-order valence-electron chi connectivity index (χ1n) is 8.46. The van der Waals surface area contributed by atoms with Crippen LogP contribution in [0.15, 0.2) is 0 Å². The number of hydrogen-bond acceptors (Lipinski definition) is 11. The van der Waals surface area contributed by atoms with Gasteiger partial charge < -0.3 is 33.2 Å². The van der Waals surface area contributed by atoms with E-state index in [1.807, 2.05) is 0 Å². The largest absolute Gasteiger partial charge is 0.457 e. The van der Waals surface area contributed by atoms with Gasteiger partial charge in [-0.15, -0.1) is 0 Å². The fourth-order valence-electron chi connectivity index (χ4n) is 2.87. The third-order valence-electron chi connectivity index (χ3n) is 3.68. The van der Waals surface area contributed by atoms with Crippen LogP contribution in [0.2, 0.25) is 0 Å². The molecule has 1 rings (SSSR count). The Labute approximate surface area is 162 Å². The summed E-state index contributed by atoms with van der Waals surface area (Å²) in [5, 5.41) is 0. The molecular weight excluding hydrogens is 380 g/mol. The predicted molar refractivity (Wildman–Crippen MR) is 89.8 cm³/mol. The second-order valence-electron chi connectivity index (χ2n) is 6.03. The molecule has 0 radical (unpaired) electrons. The normalized spacial score (nSPS) is 28.0. The number of hydrogen-bond donors (Lipinski definition) is 0. The molecular formula is C17H26O11. The Balaban J connectivity index is 3.38. The average molecular weight is 406 g/mol. The SMILES string of the molecule is COC[C@@H](OC(C)=O)[C@H]1O[C@@H](OC)[C@H](OC(C)=O)[C@@H](OC(C)=O)[C@@H]1OC(C)=O. The van der Waals surface area contributed by atoms with E-state index in [1.54, 1.807) is 0 Å². The van der Waals surface area contributed by atoms with Crippen molar-refractivity contribution in [2.45, 2.75) is 64.5 Å². The molecule has 0 saturated carbocycles. The lowest BCUT2D eigenvalue weighted by atomic mass is 9.94. The minimum Gasteiger partial charge on any atom is -0.457 e. The van der Waals surface area contributed by atoms with Gasteiger partial charge >= 0.3 is 23.9 Å². The van der Waals surface area contributed by atoms with Gasteiger partial charge in [0.05, 0.1) is 6.61 Å². The van der Waals surface area contributed by atoms with Gasteiger partial charge in [-0.3, -0.25) is 19.2 Å². The minimum absolute atomic E-state index is 0.108. The van der Waals surface area contributed by atoms with E-state index in [0.29, 0.717) is 0 Å². The molecule has 11 nitrogen and oxygen atoms in total. The number of carbonyl (C=O) groups is 4. The number of methoxy groups -OCH3 is 2. The minimum atomic E-state index is -1.27. The van der Waals surface area contributed by atoms with Crippen molar-refractivity contribution >= 4 is 23.9 Å². The van der Waals surface area contributed by atoms with Gasteiger partial charge in [0.1, 0.15) is 6.10 Å². The Morgan fingerprint density at radius 3 is 1.71 bits per heavy atom. The van der Waals surface area contributed by atoms with Crippen LogP contribution in [0.4, 0.5) is 0 Å². The lowest BCUT2D eigenvalue weighted by Crippen LogP contribution is -2.65. The number of carbonyl (C=O) groups excluding carboxylic acids is 4. The first-order chi connectivity index (χ1) is 13.1. The van der Waals surface area contributed by atoms with E-state index in [1.165, 1.54) is 21.1 Å². The van der Waals surface area contributed by atoms with Gasteiger partial charge in [-0.05, 0) is 0 Å². The number of rotatable bonds is 8. The summed E-state index contributed by atoms with van der Waals surface area (Å²) in [7, 11) is 2.66. The summed E-state index contributed by atoms with van der Waals surface area (Å²) in [5.74, 6) is -2.76. The third-order valence-corrected chi connectivity index (χ3v) is 3.68. The molecule has 0 aromatic rings. The molecule has 1 saturated heterocycles. The number of esters is 4. The molecule has 6 atom stereocenters. The topological polar surface area (TPSA) is 133 Å². The molecule has 1 aliphatic rings. The first kappa shape index (κ1) is 23.8. The van der Waals surface area contributed by atoms with Gasteiger partial charge in [0, 0.05) is 41.9 Å². The van der Waals surface area contributed by atoms with Crippen LogP contribution in [-0.2, 0) is 52.3 Å². The van der Waals surface area contributed by atoms with Crippen LogP contribution in [0, 0.1) is 0 Å². The van der Waals surface area contributed by atoms with Crippen LogP contribution in [-0.4, -0.2) is 81.5 Å². The zero-order valence-electron chi connectivity index (χ0n) is 16.7. The second kappa shape index (κ2) is 10.9. The highest BCUT2D eigenvalue weighted by atomic mass is 16.7. The molecule has 28 heavy (non-hydrogen) atoms. The lowest BCUT2D eigenvalue weighted by molar-refractivity contribution is -0.312. The van der Waals surface area contributed by atoms with Crippen molar-refractivity contribution in [1.82, 2.24) is 0 Å². The average Bonchev–Trinajstić information content (AvgIpc) is 2.56. The molecule has 1 heterocycles. The molecule has 0 spiro atoms. The summed E-state index contributed by atoms with van der Waals surface area (Å²) in [6.07, 6.45) is -7.12. The van der Waals surface area contributed by atoms with E-state index in [4.69, 9.17) is 33.2 Å². The van der Waals surface area contributed by atoms with Crippen molar-refractivity contribution < 1.29 is 52.3 Å². The standard InChI is InChI=1S/C17H26O11/c1-8(18)24-12(7-22-5)13-14(25-9(2)19)15(26-10(3)20)16(27-11(4)21)17(23-6)28-13/h12-17H,7H2,1-6H3/t12-,13-,14-,15+,16-,17-/m1/s1. The highest BCUT2D eigenvalue weighted by molar-refractivity contribution is 5.68. The van der Waals surface area contributed by atoms with Crippen LogP contribution in [0.5, 0.6) is 0 Å². The monoisotopic (exact) mass is 406 g/mol. The van der Waals surface area contributed by atoms with E-state index >= 15 is 0 Å². The van der Waals surface area contributed by atoms with Crippen LogP contribution >= 0.6 is 0 Å².